The van der Waals surface area contributed by atoms with Crippen LogP contribution in [0, 0.1) is 6.92 Å². The van der Waals surface area contributed by atoms with E-state index in [4.69, 9.17) is 4.74 Å². The molecule has 0 aliphatic carbocycles. The molecule has 158 valence electrons. The van der Waals surface area contributed by atoms with Crippen LogP contribution in [-0.2, 0) is 11.2 Å². The van der Waals surface area contributed by atoms with Gasteiger partial charge in [-0.25, -0.2) is 0 Å². The lowest BCUT2D eigenvalue weighted by Crippen LogP contribution is -2.45. The van der Waals surface area contributed by atoms with E-state index in [2.05, 4.69) is 81.2 Å². The van der Waals surface area contributed by atoms with Crippen LogP contribution in [0.2, 0.25) is 0 Å². The Morgan fingerprint density at radius 1 is 1.07 bits per heavy atom. The second kappa shape index (κ2) is 8.94. The predicted octanol–water partition coefficient (Wildman–Crippen LogP) is 6.06. The lowest BCUT2D eigenvalue weighted by molar-refractivity contribution is -0.00522. The molecule has 4 nitrogen and oxygen atoms in total. The summed E-state index contributed by atoms with van der Waals surface area (Å²) in [7, 11) is 4.22. The molecule has 0 aromatic heterocycles. The van der Waals surface area contributed by atoms with Gasteiger partial charge in [-0.1, -0.05) is 18.7 Å². The summed E-state index contributed by atoms with van der Waals surface area (Å²) in [6, 6.07) is 9.27. The number of benzene rings is 2. The van der Waals surface area contributed by atoms with Gasteiger partial charge in [0.15, 0.2) is 0 Å². The third-order valence-corrected chi connectivity index (χ3v) is 6.69. The van der Waals surface area contributed by atoms with Crippen LogP contribution >= 0.6 is 35.7 Å². The fourth-order valence-electron chi connectivity index (χ4n) is 4.21. The van der Waals surface area contributed by atoms with Crippen LogP contribution in [-0.4, -0.2) is 39.4 Å². The molecule has 6 heteroatoms. The second-order valence-electron chi connectivity index (χ2n) is 8.25. The van der Waals surface area contributed by atoms with E-state index in [0.29, 0.717) is 0 Å². The third kappa shape index (κ3) is 4.49. The van der Waals surface area contributed by atoms with Gasteiger partial charge in [-0.15, -0.1) is 24.0 Å². The first-order chi connectivity index (χ1) is 13.4. The molecule has 2 atom stereocenters. The largest absolute Gasteiger partial charge is 0.378 e. The van der Waals surface area contributed by atoms with Gasteiger partial charge in [0.05, 0.1) is 23.6 Å². The van der Waals surface area contributed by atoms with Crippen molar-refractivity contribution in [2.75, 3.05) is 42.3 Å². The highest BCUT2D eigenvalue weighted by Crippen LogP contribution is 2.49. The minimum Gasteiger partial charge on any atom is -0.378 e. The van der Waals surface area contributed by atoms with Gasteiger partial charge in [0.1, 0.15) is 0 Å². The third-order valence-electron chi connectivity index (χ3n) is 5.60. The summed E-state index contributed by atoms with van der Waals surface area (Å²) in [5.41, 5.74) is 7.76. The molecule has 29 heavy (non-hydrogen) atoms. The Balaban J connectivity index is 0.00000240. The molecular formula is C23H32IN3OS. The lowest BCUT2D eigenvalue weighted by atomic mass is 10.1. The fraction of sp³-hybridized carbons (Fsp3) is 0.478. The number of hydrogen-bond acceptors (Lipinski definition) is 5. The van der Waals surface area contributed by atoms with Gasteiger partial charge < -0.3 is 19.9 Å². The van der Waals surface area contributed by atoms with Crippen LogP contribution < -0.4 is 15.1 Å². The molecule has 0 radical (unpaired) electrons. The quantitative estimate of drug-likeness (QED) is 0.420. The normalized spacial score (nSPS) is 20.3. The van der Waals surface area contributed by atoms with E-state index in [-0.39, 0.29) is 36.2 Å². The SMILES string of the molecule is CCc1cc(N(C)C)cc2c1Nc1c(C)cc(N3CC(C)OC(C)C3)cc1S2.I. The monoisotopic (exact) mass is 525 g/mol. The lowest BCUT2D eigenvalue weighted by Gasteiger charge is -2.37. The summed E-state index contributed by atoms with van der Waals surface area (Å²) < 4.78 is 5.92. The molecule has 0 spiro atoms. The van der Waals surface area contributed by atoms with Crippen molar-refractivity contribution >= 4 is 58.5 Å². The number of anilines is 4. The minimum atomic E-state index is 0. The van der Waals surface area contributed by atoms with Gasteiger partial charge in [-0.2, -0.15) is 0 Å². The van der Waals surface area contributed by atoms with Crippen LogP contribution in [0.25, 0.3) is 0 Å². The maximum atomic E-state index is 5.92. The van der Waals surface area contributed by atoms with Crippen molar-refractivity contribution < 1.29 is 4.74 Å². The average Bonchev–Trinajstić information content (AvgIpc) is 2.64. The molecule has 2 heterocycles. The first-order valence-corrected chi connectivity index (χ1v) is 11.0. The van der Waals surface area contributed by atoms with Crippen LogP contribution in [0.1, 0.15) is 31.9 Å². The summed E-state index contributed by atoms with van der Waals surface area (Å²) in [4.78, 5) is 7.28. The molecule has 1 N–H and O–H groups in total. The Bertz CT molecular complexity index is 892. The van der Waals surface area contributed by atoms with Gasteiger partial charge in [0.25, 0.3) is 0 Å². The molecule has 2 aromatic carbocycles. The van der Waals surface area contributed by atoms with Crippen molar-refractivity contribution in [1.82, 2.24) is 0 Å². The fourth-order valence-corrected chi connectivity index (χ4v) is 5.40. The average molecular weight is 526 g/mol. The summed E-state index contributed by atoms with van der Waals surface area (Å²) >= 11 is 1.89. The number of morpholine rings is 1. The highest BCUT2D eigenvalue weighted by Gasteiger charge is 2.26. The first-order valence-electron chi connectivity index (χ1n) is 10.2. The highest BCUT2D eigenvalue weighted by molar-refractivity contribution is 14.0. The Morgan fingerprint density at radius 3 is 2.34 bits per heavy atom. The standard InChI is InChI=1S/C23H31N3OS.HI/c1-7-17-9-18(25(5)6)10-21-23(17)24-22-14(2)8-19(11-20(22)28-21)26-12-15(3)27-16(4)13-26;/h8-11,15-16,24H,7,12-13H2,1-6H3;1H. The number of ether oxygens (including phenoxy) is 1. The minimum absolute atomic E-state index is 0. The van der Waals surface area contributed by atoms with Crippen molar-refractivity contribution in [3.05, 3.63) is 35.4 Å². The number of rotatable bonds is 3. The zero-order valence-electron chi connectivity index (χ0n) is 18.2. The number of hydrogen-bond donors (Lipinski definition) is 1. The maximum Gasteiger partial charge on any atom is 0.0726 e. The highest BCUT2D eigenvalue weighted by atomic mass is 127. The van der Waals surface area contributed by atoms with E-state index in [0.717, 1.165) is 19.5 Å². The first kappa shape index (κ1) is 22.6. The van der Waals surface area contributed by atoms with Crippen LogP contribution in [0.4, 0.5) is 22.7 Å². The molecule has 1 saturated heterocycles. The van der Waals surface area contributed by atoms with E-state index in [1.165, 1.54) is 43.7 Å². The Kier molecular flexibility index (Phi) is 6.95. The van der Waals surface area contributed by atoms with E-state index in [1.54, 1.807) is 0 Å². The number of halogens is 1. The molecule has 4 rings (SSSR count). The van der Waals surface area contributed by atoms with Crippen molar-refractivity contribution in [3.63, 3.8) is 0 Å². The van der Waals surface area contributed by atoms with Crippen LogP contribution in [0.5, 0.6) is 0 Å². The molecule has 2 unspecified atom stereocenters. The number of nitrogens with zero attached hydrogens (tertiary/aromatic N) is 2. The number of nitrogens with one attached hydrogen (secondary N) is 1. The van der Waals surface area contributed by atoms with Crippen molar-refractivity contribution in [1.29, 1.82) is 0 Å². The van der Waals surface area contributed by atoms with Crippen LogP contribution in [0.15, 0.2) is 34.1 Å². The van der Waals surface area contributed by atoms with Gasteiger partial charge >= 0.3 is 0 Å². The Hall–Kier alpha value is -1.12. The van der Waals surface area contributed by atoms with E-state index < -0.39 is 0 Å². The van der Waals surface area contributed by atoms with Gasteiger partial charge in [-0.3, -0.25) is 0 Å². The van der Waals surface area contributed by atoms with E-state index in [1.807, 2.05) is 11.8 Å². The van der Waals surface area contributed by atoms with Gasteiger partial charge in [0, 0.05) is 48.4 Å². The molecule has 0 amide bonds. The molecule has 2 aliphatic rings. The molecule has 2 aliphatic heterocycles. The smallest absolute Gasteiger partial charge is 0.0726 e. The zero-order chi connectivity index (χ0) is 20.0. The number of fused-ring (bicyclic) bond motifs is 2. The molecule has 1 fully saturated rings. The molecule has 0 saturated carbocycles. The van der Waals surface area contributed by atoms with Crippen molar-refractivity contribution in [2.24, 2.45) is 0 Å². The number of aryl methyl sites for hydroxylation is 2. The van der Waals surface area contributed by atoms with Crippen molar-refractivity contribution in [3.8, 4) is 0 Å². The molecule has 2 aromatic rings. The molecular weight excluding hydrogens is 493 g/mol. The van der Waals surface area contributed by atoms with Gasteiger partial charge in [0.2, 0.25) is 0 Å². The predicted molar refractivity (Wildman–Crippen MR) is 136 cm³/mol. The maximum absolute atomic E-state index is 5.92. The second-order valence-corrected chi connectivity index (χ2v) is 9.33. The summed E-state index contributed by atoms with van der Waals surface area (Å²) in [6.07, 6.45) is 1.55. The van der Waals surface area contributed by atoms with Crippen LogP contribution in [0.3, 0.4) is 0 Å². The topological polar surface area (TPSA) is 27.7 Å². The Labute approximate surface area is 196 Å². The zero-order valence-corrected chi connectivity index (χ0v) is 21.4. The molecule has 0 bridgehead atoms. The summed E-state index contributed by atoms with van der Waals surface area (Å²) in [5, 5.41) is 3.76. The summed E-state index contributed by atoms with van der Waals surface area (Å²) in [6.45, 7) is 10.7. The van der Waals surface area contributed by atoms with Gasteiger partial charge in [-0.05, 0) is 62.6 Å². The Morgan fingerprint density at radius 2 is 1.72 bits per heavy atom. The van der Waals surface area contributed by atoms with E-state index in [9.17, 15) is 0 Å². The summed E-state index contributed by atoms with van der Waals surface area (Å²) in [5.74, 6) is 0. The van der Waals surface area contributed by atoms with Crippen molar-refractivity contribution in [2.45, 2.75) is 56.1 Å². The van der Waals surface area contributed by atoms with E-state index >= 15 is 0 Å².